The molecule has 8 heteroatoms. The van der Waals surface area contributed by atoms with Gasteiger partial charge in [0.15, 0.2) is 0 Å². The average Bonchev–Trinajstić information content (AvgIpc) is 2.78. The van der Waals surface area contributed by atoms with Crippen LogP contribution in [0.15, 0.2) is 27.9 Å². The smallest absolute Gasteiger partial charge is 0.242 e. The van der Waals surface area contributed by atoms with Crippen LogP contribution in [-0.2, 0) is 16.4 Å². The molecule has 7 nitrogen and oxygen atoms in total. The third-order valence-electron chi connectivity index (χ3n) is 3.28. The highest BCUT2D eigenvalue weighted by atomic mass is 32.2. The van der Waals surface area contributed by atoms with E-state index in [4.69, 9.17) is 9.26 Å². The topological polar surface area (TPSA) is 94.3 Å². The van der Waals surface area contributed by atoms with E-state index in [0.717, 1.165) is 11.3 Å². The summed E-state index contributed by atoms with van der Waals surface area (Å²) in [6.07, 6.45) is 3.23. The minimum Gasteiger partial charge on any atom is -0.495 e. The van der Waals surface area contributed by atoms with Crippen molar-refractivity contribution in [2.45, 2.75) is 38.1 Å². The van der Waals surface area contributed by atoms with Gasteiger partial charge in [0.1, 0.15) is 16.4 Å². The van der Waals surface area contributed by atoms with Crippen molar-refractivity contribution in [3.63, 3.8) is 0 Å². The van der Waals surface area contributed by atoms with Gasteiger partial charge in [-0.2, -0.15) is 0 Å². The Hall–Kier alpha value is -1.93. The molecule has 1 unspecified atom stereocenters. The van der Waals surface area contributed by atoms with Crippen LogP contribution in [0, 0.1) is 13.8 Å². The van der Waals surface area contributed by atoms with Crippen molar-refractivity contribution in [3.8, 4) is 5.75 Å². The minimum atomic E-state index is -3.66. The van der Waals surface area contributed by atoms with E-state index in [1.54, 1.807) is 6.92 Å². The molecule has 0 aliphatic carbocycles. The quantitative estimate of drug-likeness (QED) is 0.867. The van der Waals surface area contributed by atoms with Crippen molar-refractivity contribution in [1.82, 2.24) is 14.9 Å². The number of aromatic nitrogens is 2. The third kappa shape index (κ3) is 3.63. The van der Waals surface area contributed by atoms with E-state index >= 15 is 0 Å². The second-order valence-electron chi connectivity index (χ2n) is 5.09. The Morgan fingerprint density at radius 3 is 2.68 bits per heavy atom. The summed E-state index contributed by atoms with van der Waals surface area (Å²) in [5, 5.41) is 3.87. The number of nitrogens with one attached hydrogen (secondary N) is 1. The zero-order chi connectivity index (χ0) is 16.3. The largest absolute Gasteiger partial charge is 0.495 e. The van der Waals surface area contributed by atoms with Crippen LogP contribution in [0.5, 0.6) is 5.75 Å². The van der Waals surface area contributed by atoms with Crippen LogP contribution in [0.2, 0.25) is 0 Å². The highest BCUT2D eigenvalue weighted by molar-refractivity contribution is 7.89. The van der Waals surface area contributed by atoms with E-state index in [-0.39, 0.29) is 10.9 Å². The van der Waals surface area contributed by atoms with Crippen LogP contribution in [0.1, 0.15) is 23.9 Å². The number of methoxy groups -OCH3 is 1. The van der Waals surface area contributed by atoms with Gasteiger partial charge in [0.05, 0.1) is 19.0 Å². The molecular formula is C14H19N3O4S. The number of ether oxygens (including phenoxy) is 1. The molecule has 0 aliphatic rings. The standard InChI is InChI=1S/C14H19N3O4S/c1-9(5-14-10(2)16-21-11(14)3)17-22(18,19)13-6-12(20-4)7-15-8-13/h6-9,17H,5H2,1-4H3. The third-order valence-corrected chi connectivity index (χ3v) is 4.84. The lowest BCUT2D eigenvalue weighted by atomic mass is 10.1. The maximum absolute atomic E-state index is 12.4. The van der Waals surface area contributed by atoms with Crippen molar-refractivity contribution in [2.75, 3.05) is 7.11 Å². The lowest BCUT2D eigenvalue weighted by Crippen LogP contribution is -2.34. The first-order valence-corrected chi connectivity index (χ1v) is 8.25. The molecule has 2 aromatic heterocycles. The molecule has 22 heavy (non-hydrogen) atoms. The number of rotatable bonds is 6. The zero-order valence-electron chi connectivity index (χ0n) is 13.0. The fourth-order valence-corrected chi connectivity index (χ4v) is 3.35. The number of sulfonamides is 1. The molecular weight excluding hydrogens is 306 g/mol. The van der Waals surface area contributed by atoms with Crippen molar-refractivity contribution in [1.29, 1.82) is 0 Å². The SMILES string of the molecule is COc1cncc(S(=O)(=O)NC(C)Cc2c(C)noc2C)c1. The number of aryl methyl sites for hydroxylation is 2. The summed E-state index contributed by atoms with van der Waals surface area (Å²) < 4.78 is 37.4. The minimum absolute atomic E-state index is 0.0671. The van der Waals surface area contributed by atoms with E-state index in [1.807, 2.05) is 13.8 Å². The lowest BCUT2D eigenvalue weighted by molar-refractivity contribution is 0.392. The Kier molecular flexibility index (Phi) is 4.82. The van der Waals surface area contributed by atoms with Crippen LogP contribution < -0.4 is 9.46 Å². The molecule has 2 heterocycles. The van der Waals surface area contributed by atoms with Gasteiger partial charge >= 0.3 is 0 Å². The average molecular weight is 325 g/mol. The summed E-state index contributed by atoms with van der Waals surface area (Å²) in [5.74, 6) is 1.09. The van der Waals surface area contributed by atoms with Crippen LogP contribution in [-0.4, -0.2) is 31.7 Å². The molecule has 0 saturated heterocycles. The van der Waals surface area contributed by atoms with Gasteiger partial charge in [-0.05, 0) is 27.2 Å². The van der Waals surface area contributed by atoms with Crippen molar-refractivity contribution < 1.29 is 17.7 Å². The summed E-state index contributed by atoms with van der Waals surface area (Å²) in [5.41, 5.74) is 1.69. The Morgan fingerprint density at radius 1 is 1.36 bits per heavy atom. The predicted octanol–water partition coefficient (Wildman–Crippen LogP) is 1.60. The first-order chi connectivity index (χ1) is 10.3. The van der Waals surface area contributed by atoms with Crippen molar-refractivity contribution in [3.05, 3.63) is 35.5 Å². The summed E-state index contributed by atoms with van der Waals surface area (Å²) in [4.78, 5) is 3.93. The van der Waals surface area contributed by atoms with Gasteiger partial charge < -0.3 is 9.26 Å². The highest BCUT2D eigenvalue weighted by Gasteiger charge is 2.20. The molecule has 0 saturated carbocycles. The van der Waals surface area contributed by atoms with E-state index in [2.05, 4.69) is 14.9 Å². The zero-order valence-corrected chi connectivity index (χ0v) is 13.8. The van der Waals surface area contributed by atoms with Gasteiger partial charge in [-0.1, -0.05) is 5.16 Å². The van der Waals surface area contributed by atoms with Gasteiger partial charge in [0.2, 0.25) is 10.0 Å². The fraction of sp³-hybridized carbons (Fsp3) is 0.429. The number of nitrogens with zero attached hydrogens (tertiary/aromatic N) is 2. The van der Waals surface area contributed by atoms with Crippen LogP contribution in [0.4, 0.5) is 0 Å². The molecule has 0 amide bonds. The molecule has 2 rings (SSSR count). The van der Waals surface area contributed by atoms with E-state index in [0.29, 0.717) is 17.9 Å². The number of hydrogen-bond donors (Lipinski definition) is 1. The second kappa shape index (κ2) is 6.45. The van der Waals surface area contributed by atoms with Crippen LogP contribution in [0.25, 0.3) is 0 Å². The normalized spacial score (nSPS) is 13.1. The van der Waals surface area contributed by atoms with E-state index in [9.17, 15) is 8.42 Å². The Labute approximate surface area is 129 Å². The maximum Gasteiger partial charge on any atom is 0.242 e. The Balaban J connectivity index is 2.14. The molecule has 0 aromatic carbocycles. The maximum atomic E-state index is 12.4. The first kappa shape index (κ1) is 16.4. The number of hydrogen-bond acceptors (Lipinski definition) is 6. The van der Waals surface area contributed by atoms with E-state index in [1.165, 1.54) is 25.6 Å². The number of pyridine rings is 1. The summed E-state index contributed by atoms with van der Waals surface area (Å²) in [7, 11) is -2.21. The lowest BCUT2D eigenvalue weighted by Gasteiger charge is -2.14. The van der Waals surface area contributed by atoms with Crippen molar-refractivity contribution in [2.24, 2.45) is 0 Å². The Bertz CT molecular complexity index is 736. The van der Waals surface area contributed by atoms with Gasteiger partial charge in [-0.15, -0.1) is 0 Å². The molecule has 0 spiro atoms. The fourth-order valence-electron chi connectivity index (χ4n) is 2.13. The Morgan fingerprint density at radius 2 is 2.09 bits per heavy atom. The van der Waals surface area contributed by atoms with Gasteiger partial charge in [0, 0.05) is 23.9 Å². The molecule has 0 aliphatic heterocycles. The summed E-state index contributed by atoms with van der Waals surface area (Å²) >= 11 is 0. The highest BCUT2D eigenvalue weighted by Crippen LogP contribution is 2.18. The van der Waals surface area contributed by atoms with Crippen molar-refractivity contribution >= 4 is 10.0 Å². The van der Waals surface area contributed by atoms with Gasteiger partial charge in [-0.25, -0.2) is 13.1 Å². The molecule has 0 fully saturated rings. The molecule has 0 radical (unpaired) electrons. The van der Waals surface area contributed by atoms with Crippen LogP contribution >= 0.6 is 0 Å². The molecule has 1 atom stereocenters. The van der Waals surface area contributed by atoms with Crippen LogP contribution in [0.3, 0.4) is 0 Å². The monoisotopic (exact) mass is 325 g/mol. The van der Waals surface area contributed by atoms with Gasteiger partial charge in [-0.3, -0.25) is 4.98 Å². The molecule has 0 bridgehead atoms. The second-order valence-corrected chi connectivity index (χ2v) is 6.80. The molecule has 2 aromatic rings. The molecule has 1 N–H and O–H groups in total. The summed E-state index contributed by atoms with van der Waals surface area (Å²) in [6.45, 7) is 5.43. The van der Waals surface area contributed by atoms with E-state index < -0.39 is 10.0 Å². The first-order valence-electron chi connectivity index (χ1n) is 6.76. The predicted molar refractivity (Wildman–Crippen MR) is 80.3 cm³/mol. The summed E-state index contributed by atoms with van der Waals surface area (Å²) in [6, 6.07) is 1.12. The van der Waals surface area contributed by atoms with Gasteiger partial charge in [0.25, 0.3) is 0 Å². The molecule has 120 valence electrons.